The van der Waals surface area contributed by atoms with Crippen LogP contribution in [0.5, 0.6) is 0 Å². The average Bonchev–Trinajstić information content (AvgIpc) is 3.27. The van der Waals surface area contributed by atoms with E-state index in [9.17, 15) is 9.59 Å². The Morgan fingerprint density at radius 3 is 2.41 bits per heavy atom. The van der Waals surface area contributed by atoms with Gasteiger partial charge in [-0.3, -0.25) is 14.6 Å². The van der Waals surface area contributed by atoms with Gasteiger partial charge >= 0.3 is 0 Å². The lowest BCUT2D eigenvalue weighted by Crippen LogP contribution is -2.31. The van der Waals surface area contributed by atoms with Gasteiger partial charge in [0, 0.05) is 29.6 Å². The molecule has 0 unspecified atom stereocenters. The Morgan fingerprint density at radius 1 is 0.938 bits per heavy atom. The molecule has 2 aromatic carbocycles. The largest absolute Gasteiger partial charge is 0.343 e. The topological polar surface area (TPSA) is 88.9 Å². The van der Waals surface area contributed by atoms with E-state index >= 15 is 0 Å². The second-order valence-electron chi connectivity index (χ2n) is 6.92. The fraction of sp³-hybridized carbons (Fsp3) is 0.0400. The zero-order valence-electron chi connectivity index (χ0n) is 17.2. The minimum atomic E-state index is -0.377. The Balaban J connectivity index is 1.47. The number of benzene rings is 2. The van der Waals surface area contributed by atoms with Gasteiger partial charge in [-0.2, -0.15) is 5.10 Å². The number of aromatic nitrogens is 3. The smallest absolute Gasteiger partial charge is 0.244 e. The summed E-state index contributed by atoms with van der Waals surface area (Å²) >= 11 is 0. The number of carbonyl (C=O) groups excluding carboxylic acids is 2. The van der Waals surface area contributed by atoms with Crippen molar-refractivity contribution in [2.24, 2.45) is 0 Å². The predicted octanol–water partition coefficient (Wildman–Crippen LogP) is 3.70. The Hall–Kier alpha value is -4.52. The first kappa shape index (κ1) is 20.7. The van der Waals surface area contributed by atoms with Gasteiger partial charge < -0.3 is 10.6 Å². The van der Waals surface area contributed by atoms with Crippen molar-refractivity contribution in [3.05, 3.63) is 103 Å². The number of pyridine rings is 1. The van der Waals surface area contributed by atoms with Crippen molar-refractivity contribution in [2.75, 3.05) is 11.9 Å². The molecule has 0 saturated carbocycles. The highest BCUT2D eigenvalue weighted by molar-refractivity contribution is 5.98. The van der Waals surface area contributed by atoms with Crippen LogP contribution >= 0.6 is 0 Å². The summed E-state index contributed by atoms with van der Waals surface area (Å²) in [4.78, 5) is 28.2. The zero-order valence-corrected chi connectivity index (χ0v) is 17.2. The summed E-state index contributed by atoms with van der Waals surface area (Å²) < 4.78 is 1.78. The van der Waals surface area contributed by atoms with Crippen molar-refractivity contribution in [1.29, 1.82) is 0 Å². The molecule has 2 heterocycles. The van der Waals surface area contributed by atoms with Gasteiger partial charge in [-0.05, 0) is 30.3 Å². The van der Waals surface area contributed by atoms with E-state index in [1.807, 2.05) is 66.9 Å². The van der Waals surface area contributed by atoms with Gasteiger partial charge in [-0.1, -0.05) is 48.5 Å². The summed E-state index contributed by atoms with van der Waals surface area (Å²) in [6.07, 6.45) is 8.12. The van der Waals surface area contributed by atoms with Gasteiger partial charge in [-0.15, -0.1) is 0 Å². The van der Waals surface area contributed by atoms with Crippen LogP contribution in [0.2, 0.25) is 0 Å². The van der Waals surface area contributed by atoms with Crippen LogP contribution in [0.1, 0.15) is 5.56 Å². The summed E-state index contributed by atoms with van der Waals surface area (Å²) in [6, 6.07) is 23.0. The van der Waals surface area contributed by atoms with E-state index in [2.05, 4.69) is 15.6 Å². The van der Waals surface area contributed by atoms with Crippen molar-refractivity contribution in [3.63, 3.8) is 0 Å². The first-order valence-corrected chi connectivity index (χ1v) is 10.1. The second kappa shape index (κ2) is 9.99. The highest BCUT2D eigenvalue weighted by atomic mass is 16.2. The molecule has 2 aromatic heterocycles. The van der Waals surface area contributed by atoms with Gasteiger partial charge in [-0.25, -0.2) is 4.68 Å². The van der Waals surface area contributed by atoms with Crippen molar-refractivity contribution >= 4 is 23.6 Å². The maximum atomic E-state index is 12.3. The number of carbonyl (C=O) groups is 2. The number of nitrogens with zero attached hydrogens (tertiary/aromatic N) is 3. The third-order valence-electron chi connectivity index (χ3n) is 4.59. The molecule has 0 spiro atoms. The predicted molar refractivity (Wildman–Crippen MR) is 124 cm³/mol. The van der Waals surface area contributed by atoms with Gasteiger partial charge in [0.15, 0.2) is 0 Å². The molecule has 158 valence electrons. The van der Waals surface area contributed by atoms with E-state index in [-0.39, 0.29) is 18.4 Å². The number of amides is 2. The lowest BCUT2D eigenvalue weighted by atomic mass is 10.1. The number of anilines is 1. The molecular formula is C25H21N5O2. The molecule has 4 aromatic rings. The molecule has 2 N–H and O–H groups in total. The minimum Gasteiger partial charge on any atom is -0.343 e. The third-order valence-corrected chi connectivity index (χ3v) is 4.59. The lowest BCUT2D eigenvalue weighted by molar-refractivity contribution is -0.121. The Morgan fingerprint density at radius 2 is 1.69 bits per heavy atom. The molecule has 0 bridgehead atoms. The molecule has 2 amide bonds. The maximum Gasteiger partial charge on any atom is 0.244 e. The van der Waals surface area contributed by atoms with E-state index in [1.165, 1.54) is 12.3 Å². The SMILES string of the molecule is O=C(/C=C/c1cn(-c2ccccc2)nc1-c1ccccc1)NCC(=O)Nc1cccnc1. The summed E-state index contributed by atoms with van der Waals surface area (Å²) in [6.45, 7) is -0.146. The van der Waals surface area contributed by atoms with Crippen LogP contribution in [0.4, 0.5) is 5.69 Å². The normalized spacial score (nSPS) is 10.8. The number of hydrogen-bond donors (Lipinski definition) is 2. The number of nitrogens with one attached hydrogen (secondary N) is 2. The summed E-state index contributed by atoms with van der Waals surface area (Å²) in [5.41, 5.74) is 3.98. The van der Waals surface area contributed by atoms with E-state index in [4.69, 9.17) is 5.10 Å². The third kappa shape index (κ3) is 5.34. The van der Waals surface area contributed by atoms with Gasteiger partial charge in [0.05, 0.1) is 29.8 Å². The Bertz CT molecular complexity index is 1220. The monoisotopic (exact) mass is 423 g/mol. The molecule has 0 saturated heterocycles. The summed E-state index contributed by atoms with van der Waals surface area (Å²) in [7, 11) is 0. The maximum absolute atomic E-state index is 12.3. The first-order valence-electron chi connectivity index (χ1n) is 10.1. The minimum absolute atomic E-state index is 0.146. The fourth-order valence-electron chi connectivity index (χ4n) is 3.08. The molecule has 0 aliphatic heterocycles. The van der Waals surface area contributed by atoms with Crippen LogP contribution in [-0.2, 0) is 9.59 Å². The van der Waals surface area contributed by atoms with Crippen molar-refractivity contribution < 1.29 is 9.59 Å². The number of rotatable bonds is 7. The molecule has 0 atom stereocenters. The van der Waals surface area contributed by atoms with Crippen molar-refractivity contribution in [3.8, 4) is 16.9 Å². The molecule has 0 fully saturated rings. The quantitative estimate of drug-likeness (QED) is 0.444. The van der Waals surface area contributed by atoms with E-state index in [0.717, 1.165) is 22.5 Å². The molecule has 0 aliphatic carbocycles. The van der Waals surface area contributed by atoms with Gasteiger partial charge in [0.2, 0.25) is 11.8 Å². The van der Waals surface area contributed by atoms with Crippen LogP contribution < -0.4 is 10.6 Å². The molecule has 7 nitrogen and oxygen atoms in total. The zero-order chi connectivity index (χ0) is 22.2. The second-order valence-corrected chi connectivity index (χ2v) is 6.92. The van der Waals surface area contributed by atoms with Crippen LogP contribution in [0.15, 0.2) is 97.5 Å². The fourth-order valence-corrected chi connectivity index (χ4v) is 3.08. The molecule has 4 rings (SSSR count). The average molecular weight is 423 g/mol. The first-order chi connectivity index (χ1) is 15.7. The van der Waals surface area contributed by atoms with E-state index < -0.39 is 0 Å². The molecule has 7 heteroatoms. The molecule has 32 heavy (non-hydrogen) atoms. The molecule has 0 radical (unpaired) electrons. The standard InChI is InChI=1S/C25H21N5O2/c31-23(27-17-24(32)28-21-10-7-15-26-16-21)14-13-20-18-30(22-11-5-2-6-12-22)29-25(20)19-8-3-1-4-9-19/h1-16,18H,17H2,(H,27,31)(H,28,32)/b14-13+. The highest BCUT2D eigenvalue weighted by Gasteiger charge is 2.11. The number of para-hydroxylation sites is 1. The van der Waals surface area contributed by atoms with Crippen LogP contribution in [0, 0.1) is 0 Å². The number of hydrogen-bond acceptors (Lipinski definition) is 4. The summed E-state index contributed by atoms with van der Waals surface area (Å²) in [5, 5.41) is 9.97. The Kier molecular flexibility index (Phi) is 6.48. The molecule has 0 aliphatic rings. The molecular weight excluding hydrogens is 402 g/mol. The van der Waals surface area contributed by atoms with Gasteiger partial charge in [0.25, 0.3) is 0 Å². The lowest BCUT2D eigenvalue weighted by Gasteiger charge is -2.04. The Labute approximate surface area is 185 Å². The van der Waals surface area contributed by atoms with Crippen molar-refractivity contribution in [1.82, 2.24) is 20.1 Å². The van der Waals surface area contributed by atoms with Gasteiger partial charge in [0.1, 0.15) is 0 Å². The van der Waals surface area contributed by atoms with E-state index in [1.54, 1.807) is 29.1 Å². The van der Waals surface area contributed by atoms with Crippen LogP contribution in [0.25, 0.3) is 23.0 Å². The van der Waals surface area contributed by atoms with Crippen molar-refractivity contribution in [2.45, 2.75) is 0 Å². The summed E-state index contributed by atoms with van der Waals surface area (Å²) in [5.74, 6) is -0.709. The van der Waals surface area contributed by atoms with Crippen LogP contribution in [0.3, 0.4) is 0 Å². The van der Waals surface area contributed by atoms with Crippen LogP contribution in [-0.4, -0.2) is 33.1 Å². The highest BCUT2D eigenvalue weighted by Crippen LogP contribution is 2.24. The van der Waals surface area contributed by atoms with E-state index in [0.29, 0.717) is 5.69 Å².